The molecule has 0 N–H and O–H groups in total. The van der Waals surface area contributed by atoms with E-state index in [4.69, 9.17) is 0 Å². The van der Waals surface area contributed by atoms with Crippen molar-refractivity contribution in [1.82, 2.24) is 9.55 Å². The molecule has 2 aromatic carbocycles. The molecule has 0 radical (unpaired) electrons. The van der Waals surface area contributed by atoms with Crippen LogP contribution in [0.5, 0.6) is 0 Å². The van der Waals surface area contributed by atoms with Gasteiger partial charge in [0.1, 0.15) is 11.6 Å². The molecule has 0 saturated heterocycles. The second kappa shape index (κ2) is 7.07. The number of rotatable bonds is 4. The van der Waals surface area contributed by atoms with Gasteiger partial charge in [0.2, 0.25) is 0 Å². The number of aromatic nitrogens is 2. The molecule has 4 nitrogen and oxygen atoms in total. The first kappa shape index (κ1) is 18.2. The normalized spacial score (nSPS) is 13.3. The molecule has 0 fully saturated rings. The summed E-state index contributed by atoms with van der Waals surface area (Å²) in [5.41, 5.74) is 2.84. The topological polar surface area (TPSA) is 42.5 Å². The summed E-state index contributed by atoms with van der Waals surface area (Å²) in [6, 6.07) is 6.81. The Bertz CT molecular complexity index is 1120. The number of aliphatic imine (C=N–C) groups is 2. The van der Waals surface area contributed by atoms with Crippen molar-refractivity contribution in [3.05, 3.63) is 53.6 Å². The van der Waals surface area contributed by atoms with Crippen molar-refractivity contribution in [1.29, 1.82) is 0 Å². The van der Waals surface area contributed by atoms with E-state index in [0.717, 1.165) is 36.8 Å². The predicted octanol–water partition coefficient (Wildman–Crippen LogP) is 5.63. The lowest BCUT2D eigenvalue weighted by molar-refractivity contribution is 0.496. The summed E-state index contributed by atoms with van der Waals surface area (Å²) in [4.78, 5) is 12.8. The molecule has 1 aliphatic rings. The van der Waals surface area contributed by atoms with Crippen molar-refractivity contribution in [2.24, 2.45) is 9.98 Å². The summed E-state index contributed by atoms with van der Waals surface area (Å²) in [5.74, 6) is -2.40. The van der Waals surface area contributed by atoms with E-state index in [-0.39, 0.29) is 11.3 Å². The van der Waals surface area contributed by atoms with Gasteiger partial charge >= 0.3 is 0 Å². The van der Waals surface area contributed by atoms with Crippen molar-refractivity contribution >= 4 is 24.3 Å². The van der Waals surface area contributed by atoms with Crippen molar-refractivity contribution < 1.29 is 13.2 Å². The van der Waals surface area contributed by atoms with Gasteiger partial charge in [0, 0.05) is 36.4 Å². The Kier molecular flexibility index (Phi) is 4.58. The van der Waals surface area contributed by atoms with Crippen LogP contribution in [0, 0.1) is 17.5 Å². The lowest BCUT2D eigenvalue weighted by Crippen LogP contribution is -1.98. The summed E-state index contributed by atoms with van der Waals surface area (Å²) in [6.45, 7) is 6.06. The molecule has 4 rings (SSSR count). The maximum absolute atomic E-state index is 14.5. The summed E-state index contributed by atoms with van der Waals surface area (Å²) in [7, 11) is 0. The summed E-state index contributed by atoms with van der Waals surface area (Å²) < 4.78 is 43.7. The maximum Gasteiger partial charge on any atom is 0.161 e. The zero-order valence-corrected chi connectivity index (χ0v) is 15.2. The second-order valence-electron chi connectivity index (χ2n) is 6.48. The highest BCUT2D eigenvalue weighted by molar-refractivity contribution is 5.84. The number of nitrogens with zero attached hydrogens (tertiary/aromatic N) is 4. The Morgan fingerprint density at radius 1 is 1.07 bits per heavy atom. The van der Waals surface area contributed by atoms with Gasteiger partial charge < -0.3 is 4.57 Å². The number of aryl methyl sites for hydroxylation is 1. The minimum Gasteiger partial charge on any atom is -0.327 e. The largest absolute Gasteiger partial charge is 0.327 e. The Morgan fingerprint density at radius 3 is 2.61 bits per heavy atom. The molecular weight excluding hydrogens is 365 g/mol. The summed E-state index contributed by atoms with van der Waals surface area (Å²) in [6.07, 6.45) is 3.30. The average molecular weight is 382 g/mol. The zero-order chi connectivity index (χ0) is 19.8. The van der Waals surface area contributed by atoms with Crippen LogP contribution in [0.2, 0.25) is 0 Å². The first-order valence-corrected chi connectivity index (χ1v) is 8.87. The molecule has 1 aromatic heterocycles. The summed E-state index contributed by atoms with van der Waals surface area (Å²) >= 11 is 0. The third kappa shape index (κ3) is 2.93. The minimum absolute atomic E-state index is 0.0673. The number of imidazole rings is 1. The molecular formula is C21H17F3N4. The molecule has 28 heavy (non-hydrogen) atoms. The molecule has 1 aliphatic heterocycles. The van der Waals surface area contributed by atoms with Crippen molar-refractivity contribution in [3.63, 3.8) is 0 Å². The monoisotopic (exact) mass is 382 g/mol. The van der Waals surface area contributed by atoms with E-state index < -0.39 is 17.5 Å². The number of halogens is 3. The Hall–Kier alpha value is -3.22. The molecule has 142 valence electrons. The van der Waals surface area contributed by atoms with Gasteiger partial charge in [-0.2, -0.15) is 0 Å². The number of hydrogen-bond acceptors (Lipinski definition) is 3. The lowest BCUT2D eigenvalue weighted by atomic mass is 10.0. The van der Waals surface area contributed by atoms with Crippen LogP contribution in [0.4, 0.5) is 24.5 Å². The second-order valence-corrected chi connectivity index (χ2v) is 6.48. The number of benzene rings is 2. The summed E-state index contributed by atoms with van der Waals surface area (Å²) in [5, 5.41) is 0. The quantitative estimate of drug-likeness (QED) is 0.426. The van der Waals surface area contributed by atoms with Crippen LogP contribution in [-0.2, 0) is 13.0 Å². The third-order valence-corrected chi connectivity index (χ3v) is 4.78. The predicted molar refractivity (Wildman–Crippen MR) is 104 cm³/mol. The van der Waals surface area contributed by atoms with Crippen molar-refractivity contribution in [3.8, 4) is 22.5 Å². The van der Waals surface area contributed by atoms with E-state index in [1.54, 1.807) is 19.2 Å². The maximum atomic E-state index is 14.5. The molecule has 0 atom stereocenters. The molecule has 0 bridgehead atoms. The Balaban J connectivity index is 1.97. The zero-order valence-electron chi connectivity index (χ0n) is 15.2. The minimum atomic E-state index is -1.23. The van der Waals surface area contributed by atoms with Gasteiger partial charge in [0.25, 0.3) is 0 Å². The van der Waals surface area contributed by atoms with Gasteiger partial charge in [-0.1, -0.05) is 6.07 Å². The van der Waals surface area contributed by atoms with Crippen LogP contribution in [0.15, 0.2) is 40.3 Å². The first-order chi connectivity index (χ1) is 13.5. The lowest BCUT2D eigenvalue weighted by Gasteiger charge is -2.11. The van der Waals surface area contributed by atoms with Gasteiger partial charge in [-0.25, -0.2) is 18.2 Å². The Morgan fingerprint density at radius 2 is 1.86 bits per heavy atom. The standard InChI is InChI=1S/C21H17F3N4/c1-3-26-18-9-12(6-7-17(18)25-2)21-20(27-19-5-4-8-28(19)21)13-10-15(23)16(24)11-14(13)22/h3,6-7,9-11H,2,4-5,8H2,1H3. The van der Waals surface area contributed by atoms with Gasteiger partial charge in [-0.3, -0.25) is 9.98 Å². The molecule has 7 heteroatoms. The molecule has 0 spiro atoms. The fourth-order valence-electron chi connectivity index (χ4n) is 3.56. The van der Waals surface area contributed by atoms with Gasteiger partial charge in [-0.15, -0.1) is 0 Å². The number of fused-ring (bicyclic) bond motifs is 1. The highest BCUT2D eigenvalue weighted by Gasteiger charge is 2.26. The van der Waals surface area contributed by atoms with Crippen LogP contribution >= 0.6 is 0 Å². The first-order valence-electron chi connectivity index (χ1n) is 8.87. The van der Waals surface area contributed by atoms with Crippen LogP contribution in [0.25, 0.3) is 22.5 Å². The fraction of sp³-hybridized carbons (Fsp3) is 0.190. The van der Waals surface area contributed by atoms with E-state index in [9.17, 15) is 13.2 Å². The van der Waals surface area contributed by atoms with E-state index in [1.165, 1.54) is 0 Å². The molecule has 3 aromatic rings. The highest BCUT2D eigenvalue weighted by atomic mass is 19.2. The van der Waals surface area contributed by atoms with E-state index in [2.05, 4.69) is 21.7 Å². The molecule has 0 saturated carbocycles. The average Bonchev–Trinajstić information content (AvgIpc) is 3.26. The van der Waals surface area contributed by atoms with Crippen molar-refractivity contribution in [2.75, 3.05) is 0 Å². The molecule has 0 amide bonds. The molecule has 0 aliphatic carbocycles. The van der Waals surface area contributed by atoms with Crippen LogP contribution in [0.1, 0.15) is 19.2 Å². The Labute approximate surface area is 160 Å². The highest BCUT2D eigenvalue weighted by Crippen LogP contribution is 2.40. The third-order valence-electron chi connectivity index (χ3n) is 4.78. The van der Waals surface area contributed by atoms with Gasteiger partial charge in [-0.05, 0) is 38.3 Å². The van der Waals surface area contributed by atoms with E-state index in [1.807, 2.05) is 16.7 Å². The van der Waals surface area contributed by atoms with Gasteiger partial charge in [0.15, 0.2) is 11.6 Å². The van der Waals surface area contributed by atoms with Crippen LogP contribution in [-0.4, -0.2) is 22.5 Å². The van der Waals surface area contributed by atoms with Crippen LogP contribution < -0.4 is 0 Å². The molecule has 0 unspecified atom stereocenters. The number of hydrogen-bond donors (Lipinski definition) is 0. The van der Waals surface area contributed by atoms with E-state index in [0.29, 0.717) is 23.1 Å². The van der Waals surface area contributed by atoms with Crippen molar-refractivity contribution in [2.45, 2.75) is 26.3 Å². The van der Waals surface area contributed by atoms with Crippen LogP contribution in [0.3, 0.4) is 0 Å². The fourth-order valence-corrected chi connectivity index (χ4v) is 3.56. The molecule has 2 heterocycles. The van der Waals surface area contributed by atoms with E-state index >= 15 is 0 Å². The van der Waals surface area contributed by atoms with Gasteiger partial charge in [0.05, 0.1) is 22.8 Å². The SMILES string of the molecule is C=Nc1ccc(-c2c(-c3cc(F)c(F)cc3F)nc3n2CCC3)cc1N=CC. The smallest absolute Gasteiger partial charge is 0.161 e.